The van der Waals surface area contributed by atoms with Crippen molar-refractivity contribution in [2.24, 2.45) is 0 Å². The number of furan rings is 1. The van der Waals surface area contributed by atoms with Crippen molar-refractivity contribution in [1.29, 1.82) is 0 Å². The van der Waals surface area contributed by atoms with Crippen LogP contribution in [0.15, 0.2) is 28.5 Å². The van der Waals surface area contributed by atoms with Gasteiger partial charge in [-0.25, -0.2) is 4.79 Å². The molecule has 0 atom stereocenters. The van der Waals surface area contributed by atoms with Gasteiger partial charge in [-0.3, -0.25) is 9.69 Å². The monoisotopic (exact) mass is 220 g/mol. The van der Waals surface area contributed by atoms with Crippen molar-refractivity contribution >= 4 is 18.0 Å². The van der Waals surface area contributed by atoms with Crippen LogP contribution in [0.3, 0.4) is 0 Å². The molecule has 1 fully saturated rings. The molecule has 0 bridgehead atoms. The Morgan fingerprint density at radius 1 is 1.50 bits per heavy atom. The maximum absolute atomic E-state index is 11.8. The highest BCUT2D eigenvalue weighted by Gasteiger charge is 2.32. The van der Waals surface area contributed by atoms with Crippen molar-refractivity contribution in [3.8, 4) is 0 Å². The molecule has 0 spiro atoms. The van der Waals surface area contributed by atoms with E-state index in [0.717, 1.165) is 6.42 Å². The van der Waals surface area contributed by atoms with Gasteiger partial charge < -0.3 is 9.73 Å². The summed E-state index contributed by atoms with van der Waals surface area (Å²) in [6.07, 6.45) is 3.78. The van der Waals surface area contributed by atoms with E-state index in [9.17, 15) is 9.59 Å². The highest BCUT2D eigenvalue weighted by atomic mass is 16.3. The van der Waals surface area contributed by atoms with Crippen LogP contribution in [0.25, 0.3) is 6.08 Å². The van der Waals surface area contributed by atoms with Gasteiger partial charge in [0.2, 0.25) is 0 Å². The molecule has 1 aromatic rings. The van der Waals surface area contributed by atoms with Gasteiger partial charge in [0.25, 0.3) is 5.91 Å². The Bertz CT molecular complexity index is 434. The zero-order chi connectivity index (χ0) is 11.5. The average molecular weight is 220 g/mol. The summed E-state index contributed by atoms with van der Waals surface area (Å²) < 4.78 is 5.08. The van der Waals surface area contributed by atoms with E-state index in [1.807, 2.05) is 6.92 Å². The van der Waals surface area contributed by atoms with Gasteiger partial charge in [-0.1, -0.05) is 6.92 Å². The minimum Gasteiger partial charge on any atom is -0.465 e. The third-order valence-corrected chi connectivity index (χ3v) is 2.24. The Labute approximate surface area is 92.7 Å². The number of amides is 3. The molecule has 84 valence electrons. The third kappa shape index (κ3) is 1.84. The smallest absolute Gasteiger partial charge is 0.329 e. The average Bonchev–Trinajstić information content (AvgIpc) is 2.84. The fourth-order valence-electron chi connectivity index (χ4n) is 1.51. The van der Waals surface area contributed by atoms with Crippen LogP contribution in [0, 0.1) is 0 Å². The van der Waals surface area contributed by atoms with E-state index in [2.05, 4.69) is 5.32 Å². The van der Waals surface area contributed by atoms with Gasteiger partial charge in [0.05, 0.1) is 6.26 Å². The molecule has 1 aliphatic heterocycles. The SMILES string of the molecule is CCCN1C(=O)N/C(=C/c2ccco2)C1=O. The standard InChI is InChI=1S/C11H12N2O3/c1-2-5-13-10(14)9(12-11(13)15)7-8-4-3-6-16-8/h3-4,6-7H,2,5H2,1H3,(H,12,15)/b9-7+. The van der Waals surface area contributed by atoms with Gasteiger partial charge >= 0.3 is 6.03 Å². The largest absolute Gasteiger partial charge is 0.465 e. The molecule has 1 saturated heterocycles. The van der Waals surface area contributed by atoms with E-state index in [0.29, 0.717) is 12.3 Å². The lowest BCUT2D eigenvalue weighted by atomic mass is 10.3. The Kier molecular flexibility index (Phi) is 2.76. The van der Waals surface area contributed by atoms with Gasteiger partial charge in [0.1, 0.15) is 11.5 Å². The predicted molar refractivity (Wildman–Crippen MR) is 57.2 cm³/mol. The summed E-state index contributed by atoms with van der Waals surface area (Å²) in [6, 6.07) is 3.07. The summed E-state index contributed by atoms with van der Waals surface area (Å²) in [6.45, 7) is 2.34. The number of hydrogen-bond donors (Lipinski definition) is 1. The molecule has 2 rings (SSSR count). The van der Waals surface area contributed by atoms with Crippen molar-refractivity contribution in [3.63, 3.8) is 0 Å². The van der Waals surface area contributed by atoms with Gasteiger partial charge in [-0.15, -0.1) is 0 Å². The van der Waals surface area contributed by atoms with Crippen LogP contribution in [0.2, 0.25) is 0 Å². The van der Waals surface area contributed by atoms with Gasteiger partial charge in [-0.05, 0) is 18.6 Å². The Balaban J connectivity index is 2.20. The Morgan fingerprint density at radius 2 is 2.31 bits per heavy atom. The maximum Gasteiger partial charge on any atom is 0.329 e. The number of carbonyl (C=O) groups excluding carboxylic acids is 2. The van der Waals surface area contributed by atoms with E-state index in [4.69, 9.17) is 4.42 Å². The summed E-state index contributed by atoms with van der Waals surface area (Å²) in [7, 11) is 0. The number of carbonyl (C=O) groups is 2. The lowest BCUT2D eigenvalue weighted by Gasteiger charge is -2.08. The van der Waals surface area contributed by atoms with Gasteiger partial charge in [0, 0.05) is 12.6 Å². The van der Waals surface area contributed by atoms with Crippen molar-refractivity contribution in [3.05, 3.63) is 29.9 Å². The summed E-state index contributed by atoms with van der Waals surface area (Å²) in [5.41, 5.74) is 0.258. The molecule has 16 heavy (non-hydrogen) atoms. The van der Waals surface area contributed by atoms with Crippen molar-refractivity contribution in [1.82, 2.24) is 10.2 Å². The summed E-state index contributed by atoms with van der Waals surface area (Å²) in [5.74, 6) is 0.241. The fourth-order valence-corrected chi connectivity index (χ4v) is 1.51. The molecule has 2 heterocycles. The number of rotatable bonds is 3. The highest BCUT2D eigenvalue weighted by Crippen LogP contribution is 2.14. The minimum absolute atomic E-state index is 0.258. The molecular formula is C11H12N2O3. The lowest BCUT2D eigenvalue weighted by molar-refractivity contribution is -0.122. The number of nitrogens with zero attached hydrogens (tertiary/aromatic N) is 1. The second-order valence-electron chi connectivity index (χ2n) is 3.46. The van der Waals surface area contributed by atoms with E-state index >= 15 is 0 Å². The van der Waals surface area contributed by atoms with Crippen LogP contribution in [-0.4, -0.2) is 23.4 Å². The topological polar surface area (TPSA) is 62.6 Å². The molecule has 0 aliphatic carbocycles. The molecule has 0 saturated carbocycles. The number of urea groups is 1. The lowest BCUT2D eigenvalue weighted by Crippen LogP contribution is -2.31. The quantitative estimate of drug-likeness (QED) is 0.621. The van der Waals surface area contributed by atoms with Crippen molar-refractivity contribution in [2.75, 3.05) is 6.54 Å². The van der Waals surface area contributed by atoms with Crippen LogP contribution in [0.4, 0.5) is 4.79 Å². The molecule has 1 aliphatic rings. The molecule has 1 N–H and O–H groups in total. The summed E-state index contributed by atoms with van der Waals surface area (Å²) >= 11 is 0. The van der Waals surface area contributed by atoms with Gasteiger partial charge in [-0.2, -0.15) is 0 Å². The molecule has 5 nitrogen and oxygen atoms in total. The van der Waals surface area contributed by atoms with Crippen LogP contribution < -0.4 is 5.32 Å². The van der Waals surface area contributed by atoms with E-state index < -0.39 is 0 Å². The third-order valence-electron chi connectivity index (χ3n) is 2.24. The first-order valence-corrected chi connectivity index (χ1v) is 5.10. The van der Waals surface area contributed by atoms with Gasteiger partial charge in [0.15, 0.2) is 0 Å². The number of hydrogen-bond acceptors (Lipinski definition) is 3. The molecule has 0 unspecified atom stereocenters. The molecule has 1 aromatic heterocycles. The highest BCUT2D eigenvalue weighted by molar-refractivity contribution is 6.13. The van der Waals surface area contributed by atoms with Crippen LogP contribution in [-0.2, 0) is 4.79 Å². The predicted octanol–water partition coefficient (Wildman–Crippen LogP) is 1.58. The minimum atomic E-state index is -0.371. The number of nitrogens with one attached hydrogen (secondary N) is 1. The van der Waals surface area contributed by atoms with E-state index in [-0.39, 0.29) is 17.6 Å². The zero-order valence-corrected chi connectivity index (χ0v) is 8.90. The molecule has 5 heteroatoms. The second-order valence-corrected chi connectivity index (χ2v) is 3.46. The first-order chi connectivity index (χ1) is 7.72. The van der Waals surface area contributed by atoms with Crippen molar-refractivity contribution < 1.29 is 14.0 Å². The number of imide groups is 1. The fraction of sp³-hybridized carbons (Fsp3) is 0.273. The van der Waals surface area contributed by atoms with E-state index in [1.165, 1.54) is 17.2 Å². The summed E-state index contributed by atoms with van der Waals surface area (Å²) in [5, 5.41) is 2.52. The van der Waals surface area contributed by atoms with Crippen LogP contribution in [0.1, 0.15) is 19.1 Å². The Morgan fingerprint density at radius 3 is 2.94 bits per heavy atom. The molecule has 0 radical (unpaired) electrons. The molecular weight excluding hydrogens is 208 g/mol. The Hall–Kier alpha value is -2.04. The molecule has 0 aromatic carbocycles. The van der Waals surface area contributed by atoms with Crippen molar-refractivity contribution in [2.45, 2.75) is 13.3 Å². The van der Waals surface area contributed by atoms with Crippen LogP contribution >= 0.6 is 0 Å². The maximum atomic E-state index is 11.8. The van der Waals surface area contributed by atoms with E-state index in [1.54, 1.807) is 12.1 Å². The van der Waals surface area contributed by atoms with Crippen LogP contribution in [0.5, 0.6) is 0 Å². The molecule has 3 amide bonds. The first-order valence-electron chi connectivity index (χ1n) is 5.10. The summed E-state index contributed by atoms with van der Waals surface area (Å²) in [4.78, 5) is 24.4. The zero-order valence-electron chi connectivity index (χ0n) is 8.90. The normalized spacial score (nSPS) is 18.3. The second kappa shape index (κ2) is 4.22. The first kappa shape index (κ1) is 10.5.